The molecule has 0 saturated heterocycles. The number of rotatable bonds is 3. The fraction of sp³-hybridized carbons (Fsp3) is 0.636. The molecule has 82 valence electrons. The highest BCUT2D eigenvalue weighted by Gasteiger charge is 2.10. The summed E-state index contributed by atoms with van der Waals surface area (Å²) in [6.45, 7) is 0.952. The largest absolute Gasteiger partial charge is 0.319 e. The molecule has 0 fully saturated rings. The third kappa shape index (κ3) is 2.92. The molecule has 0 aliphatic carbocycles. The quantitative estimate of drug-likeness (QED) is 0.832. The zero-order valence-corrected chi connectivity index (χ0v) is 9.94. The van der Waals surface area contributed by atoms with Crippen molar-refractivity contribution >= 4 is 11.8 Å². The number of fused-ring (bicyclic) bond motifs is 1. The Kier molecular flexibility index (Phi) is 3.97. The summed E-state index contributed by atoms with van der Waals surface area (Å²) in [6, 6.07) is 0. The highest BCUT2D eigenvalue weighted by molar-refractivity contribution is 7.99. The molecule has 1 aliphatic rings. The first-order valence-electron chi connectivity index (χ1n) is 5.46. The van der Waals surface area contributed by atoms with Gasteiger partial charge in [0, 0.05) is 24.9 Å². The predicted molar refractivity (Wildman–Crippen MR) is 64.4 cm³/mol. The van der Waals surface area contributed by atoms with Crippen LogP contribution in [0, 0.1) is 0 Å². The number of nitrogens with zero attached hydrogens (tertiary/aromatic N) is 2. The van der Waals surface area contributed by atoms with Crippen LogP contribution in [0.4, 0.5) is 0 Å². The maximum Gasteiger partial charge on any atom is 0.129 e. The number of likely N-dealkylation sites (N-methyl/N-ethyl adjacent to an activating group) is 1. The van der Waals surface area contributed by atoms with E-state index in [4.69, 9.17) is 0 Å². The van der Waals surface area contributed by atoms with E-state index in [1.165, 1.54) is 22.8 Å². The van der Waals surface area contributed by atoms with Gasteiger partial charge in [-0.3, -0.25) is 0 Å². The van der Waals surface area contributed by atoms with Gasteiger partial charge < -0.3 is 5.32 Å². The number of hydrogen-bond donors (Lipinski definition) is 1. The van der Waals surface area contributed by atoms with E-state index in [9.17, 15) is 0 Å². The molecule has 1 aromatic rings. The van der Waals surface area contributed by atoms with Gasteiger partial charge in [-0.25, -0.2) is 9.97 Å². The van der Waals surface area contributed by atoms with Crippen LogP contribution in [0.5, 0.6) is 0 Å². The maximum atomic E-state index is 4.65. The molecule has 3 nitrogen and oxygen atoms in total. The summed E-state index contributed by atoms with van der Waals surface area (Å²) in [5, 5.41) is 3.12. The molecule has 0 spiro atoms. The lowest BCUT2D eigenvalue weighted by atomic mass is 10.1. The molecule has 0 atom stereocenters. The molecular formula is C11H17N3S. The summed E-state index contributed by atoms with van der Waals surface area (Å²) in [4.78, 5) is 9.06. The summed E-state index contributed by atoms with van der Waals surface area (Å²) < 4.78 is 0. The number of hydrogen-bond acceptors (Lipinski definition) is 4. The third-order valence-electron chi connectivity index (χ3n) is 2.60. The molecule has 0 unspecified atom stereocenters. The Labute approximate surface area is 95.1 Å². The molecule has 1 aromatic heterocycles. The second-order valence-electron chi connectivity index (χ2n) is 3.72. The van der Waals surface area contributed by atoms with E-state index in [-0.39, 0.29) is 0 Å². The van der Waals surface area contributed by atoms with E-state index < -0.39 is 0 Å². The minimum Gasteiger partial charge on any atom is -0.319 e. The van der Waals surface area contributed by atoms with Crippen LogP contribution in [0.3, 0.4) is 0 Å². The first-order chi connectivity index (χ1) is 7.40. The van der Waals surface area contributed by atoms with Gasteiger partial charge in [0.2, 0.25) is 0 Å². The lowest BCUT2D eigenvalue weighted by molar-refractivity contribution is 0.744. The third-order valence-corrected chi connectivity index (χ3v) is 3.59. The van der Waals surface area contributed by atoms with Crippen molar-refractivity contribution in [1.82, 2.24) is 15.3 Å². The van der Waals surface area contributed by atoms with Crippen LogP contribution < -0.4 is 5.32 Å². The van der Waals surface area contributed by atoms with Gasteiger partial charge in [0.1, 0.15) is 5.82 Å². The summed E-state index contributed by atoms with van der Waals surface area (Å²) in [6.07, 6.45) is 5.19. The maximum absolute atomic E-state index is 4.65. The number of thioether (sulfide) groups is 1. The van der Waals surface area contributed by atoms with Crippen molar-refractivity contribution in [2.45, 2.75) is 19.3 Å². The molecule has 0 bridgehead atoms. The molecule has 1 N–H and O–H groups in total. The van der Waals surface area contributed by atoms with Crippen molar-refractivity contribution in [3.05, 3.63) is 23.3 Å². The Morgan fingerprint density at radius 3 is 3.13 bits per heavy atom. The second-order valence-corrected chi connectivity index (χ2v) is 4.95. The lowest BCUT2D eigenvalue weighted by Crippen LogP contribution is -2.13. The van der Waals surface area contributed by atoms with Gasteiger partial charge in [-0.15, -0.1) is 0 Å². The molecule has 0 radical (unpaired) electrons. The zero-order valence-electron chi connectivity index (χ0n) is 9.12. The second kappa shape index (κ2) is 5.47. The summed E-state index contributed by atoms with van der Waals surface area (Å²) >= 11 is 2.02. The average molecular weight is 223 g/mol. The molecule has 2 rings (SSSR count). The number of nitrogens with one attached hydrogen (secondary N) is 1. The SMILES string of the molecule is CNCCc1ncc2c(n1)CCSCC2. The fourth-order valence-corrected chi connectivity index (χ4v) is 2.63. The van der Waals surface area contributed by atoms with Crippen molar-refractivity contribution in [3.8, 4) is 0 Å². The Bertz CT molecular complexity index is 328. The average Bonchev–Trinajstić information content (AvgIpc) is 2.50. The van der Waals surface area contributed by atoms with Gasteiger partial charge in [-0.1, -0.05) is 0 Å². The van der Waals surface area contributed by atoms with Gasteiger partial charge in [0.05, 0.1) is 0 Å². The van der Waals surface area contributed by atoms with Crippen molar-refractivity contribution in [1.29, 1.82) is 0 Å². The van der Waals surface area contributed by atoms with Gasteiger partial charge in [0.15, 0.2) is 0 Å². The topological polar surface area (TPSA) is 37.8 Å². The molecule has 4 heteroatoms. The Morgan fingerprint density at radius 1 is 1.40 bits per heavy atom. The molecule has 0 aromatic carbocycles. The predicted octanol–water partition coefficient (Wildman–Crippen LogP) is 1.07. The molecular weight excluding hydrogens is 206 g/mol. The van der Waals surface area contributed by atoms with E-state index in [1.807, 2.05) is 25.0 Å². The van der Waals surface area contributed by atoms with Crippen LogP contribution >= 0.6 is 11.8 Å². The van der Waals surface area contributed by atoms with Crippen molar-refractivity contribution < 1.29 is 0 Å². The van der Waals surface area contributed by atoms with E-state index in [0.717, 1.165) is 31.6 Å². The van der Waals surface area contributed by atoms with Crippen molar-refractivity contribution in [2.75, 3.05) is 25.1 Å². The van der Waals surface area contributed by atoms with Crippen LogP contribution in [0.2, 0.25) is 0 Å². The number of aryl methyl sites for hydroxylation is 2. The first-order valence-corrected chi connectivity index (χ1v) is 6.61. The van der Waals surface area contributed by atoms with Crippen molar-refractivity contribution in [2.24, 2.45) is 0 Å². The fourth-order valence-electron chi connectivity index (χ4n) is 1.72. The smallest absolute Gasteiger partial charge is 0.129 e. The Morgan fingerprint density at radius 2 is 2.27 bits per heavy atom. The van der Waals surface area contributed by atoms with Gasteiger partial charge >= 0.3 is 0 Å². The van der Waals surface area contributed by atoms with E-state index in [2.05, 4.69) is 15.3 Å². The molecule has 15 heavy (non-hydrogen) atoms. The van der Waals surface area contributed by atoms with Crippen LogP contribution in [-0.2, 0) is 19.3 Å². The monoisotopic (exact) mass is 223 g/mol. The highest BCUT2D eigenvalue weighted by atomic mass is 32.2. The van der Waals surface area contributed by atoms with Gasteiger partial charge in [-0.05, 0) is 37.0 Å². The Hall–Kier alpha value is -0.610. The van der Waals surface area contributed by atoms with Crippen LogP contribution in [0.15, 0.2) is 6.20 Å². The first kappa shape index (κ1) is 10.9. The Balaban J connectivity index is 2.13. The molecule has 1 aliphatic heterocycles. The zero-order chi connectivity index (χ0) is 10.5. The minimum atomic E-state index is 0.928. The summed E-state index contributed by atoms with van der Waals surface area (Å²) in [5.74, 6) is 3.40. The highest BCUT2D eigenvalue weighted by Crippen LogP contribution is 2.17. The van der Waals surface area contributed by atoms with Gasteiger partial charge in [-0.2, -0.15) is 11.8 Å². The van der Waals surface area contributed by atoms with Crippen LogP contribution in [0.1, 0.15) is 17.1 Å². The lowest BCUT2D eigenvalue weighted by Gasteiger charge is -2.06. The molecule has 0 amide bonds. The normalized spacial score (nSPS) is 15.8. The summed E-state index contributed by atoms with van der Waals surface area (Å²) in [5.41, 5.74) is 2.63. The van der Waals surface area contributed by atoms with E-state index in [1.54, 1.807) is 0 Å². The standard InChI is InChI=1S/C11H17N3S/c1-12-5-2-11-13-8-9-3-6-15-7-4-10(9)14-11/h8,12H,2-7H2,1H3. The summed E-state index contributed by atoms with van der Waals surface area (Å²) in [7, 11) is 1.96. The van der Waals surface area contributed by atoms with Crippen molar-refractivity contribution in [3.63, 3.8) is 0 Å². The van der Waals surface area contributed by atoms with E-state index in [0.29, 0.717) is 0 Å². The molecule has 2 heterocycles. The van der Waals surface area contributed by atoms with Crippen LogP contribution in [-0.4, -0.2) is 35.1 Å². The van der Waals surface area contributed by atoms with Crippen LogP contribution in [0.25, 0.3) is 0 Å². The minimum absolute atomic E-state index is 0.928. The van der Waals surface area contributed by atoms with Gasteiger partial charge in [0.25, 0.3) is 0 Å². The number of aromatic nitrogens is 2. The molecule has 0 saturated carbocycles. The van der Waals surface area contributed by atoms with E-state index >= 15 is 0 Å².